The molecule has 6 heteroatoms. The second kappa shape index (κ2) is 6.80. The van der Waals surface area contributed by atoms with Crippen molar-refractivity contribution in [2.24, 2.45) is 5.92 Å². The number of rotatable bonds is 4. The zero-order chi connectivity index (χ0) is 15.4. The fraction of sp³-hybridized carbons (Fsp3) is 0.467. The molecule has 1 fully saturated rings. The molecule has 2 N–H and O–H groups in total. The van der Waals surface area contributed by atoms with Crippen LogP contribution in [0.25, 0.3) is 0 Å². The van der Waals surface area contributed by atoms with Gasteiger partial charge in [-0.2, -0.15) is 0 Å². The number of hydrogen-bond donors (Lipinski definition) is 2. The quantitative estimate of drug-likeness (QED) is 0.896. The molecule has 0 heterocycles. The van der Waals surface area contributed by atoms with Gasteiger partial charge in [0.25, 0.3) is 5.91 Å². The van der Waals surface area contributed by atoms with E-state index < -0.39 is 5.97 Å². The Labute approximate surface area is 128 Å². The Morgan fingerprint density at radius 2 is 1.95 bits per heavy atom. The van der Waals surface area contributed by atoms with Crippen molar-refractivity contribution in [1.29, 1.82) is 0 Å². The predicted octanol–water partition coefficient (Wildman–Crippen LogP) is 2.72. The van der Waals surface area contributed by atoms with Crippen LogP contribution in [0.3, 0.4) is 0 Å². The molecule has 21 heavy (non-hydrogen) atoms. The summed E-state index contributed by atoms with van der Waals surface area (Å²) in [5.74, 6) is -0.906. The van der Waals surface area contributed by atoms with Crippen LogP contribution in [0.15, 0.2) is 18.2 Å². The third-order valence-electron chi connectivity index (χ3n) is 3.83. The lowest BCUT2D eigenvalue weighted by molar-refractivity contribution is -0.142. The van der Waals surface area contributed by atoms with Crippen molar-refractivity contribution in [2.45, 2.75) is 31.7 Å². The molecule has 0 atom stereocenters. The Morgan fingerprint density at radius 1 is 1.29 bits per heavy atom. The van der Waals surface area contributed by atoms with Crippen LogP contribution in [-0.2, 0) is 4.79 Å². The van der Waals surface area contributed by atoms with E-state index in [1.54, 1.807) is 18.2 Å². The molecule has 0 aliphatic heterocycles. The van der Waals surface area contributed by atoms with Crippen LogP contribution in [0, 0.1) is 5.92 Å². The average Bonchev–Trinajstić information content (AvgIpc) is 2.47. The zero-order valence-electron chi connectivity index (χ0n) is 11.8. The van der Waals surface area contributed by atoms with Crippen LogP contribution in [-0.4, -0.2) is 30.1 Å². The van der Waals surface area contributed by atoms with E-state index in [0.29, 0.717) is 42.0 Å². The molecule has 0 radical (unpaired) electrons. The van der Waals surface area contributed by atoms with Crippen LogP contribution >= 0.6 is 11.6 Å². The predicted molar refractivity (Wildman–Crippen MR) is 78.9 cm³/mol. The van der Waals surface area contributed by atoms with Gasteiger partial charge >= 0.3 is 5.97 Å². The number of nitrogens with one attached hydrogen (secondary N) is 1. The van der Waals surface area contributed by atoms with Crippen molar-refractivity contribution >= 4 is 23.5 Å². The molecule has 0 spiro atoms. The maximum Gasteiger partial charge on any atom is 0.306 e. The molecular weight excluding hydrogens is 294 g/mol. The molecule has 1 amide bonds. The van der Waals surface area contributed by atoms with E-state index in [0.717, 1.165) is 0 Å². The van der Waals surface area contributed by atoms with Crippen LogP contribution in [0.1, 0.15) is 36.0 Å². The zero-order valence-corrected chi connectivity index (χ0v) is 12.5. The largest absolute Gasteiger partial charge is 0.496 e. The van der Waals surface area contributed by atoms with Gasteiger partial charge in [-0.1, -0.05) is 17.7 Å². The third kappa shape index (κ3) is 3.67. The molecule has 1 aromatic rings. The maximum atomic E-state index is 12.3. The summed E-state index contributed by atoms with van der Waals surface area (Å²) in [6.45, 7) is 0. The first-order valence-corrected chi connectivity index (χ1v) is 7.27. The maximum absolute atomic E-state index is 12.3. The molecule has 0 unspecified atom stereocenters. The van der Waals surface area contributed by atoms with E-state index in [4.69, 9.17) is 21.4 Å². The number of carbonyl (C=O) groups excluding carboxylic acids is 1. The summed E-state index contributed by atoms with van der Waals surface area (Å²) in [5, 5.41) is 12.2. The first kappa shape index (κ1) is 15.6. The van der Waals surface area contributed by atoms with E-state index in [9.17, 15) is 9.59 Å². The van der Waals surface area contributed by atoms with Gasteiger partial charge in [0, 0.05) is 6.04 Å². The molecule has 0 saturated heterocycles. The highest BCUT2D eigenvalue weighted by Gasteiger charge is 2.27. The average molecular weight is 312 g/mol. The summed E-state index contributed by atoms with van der Waals surface area (Å²) in [5.41, 5.74) is 0.321. The van der Waals surface area contributed by atoms with Gasteiger partial charge in [-0.25, -0.2) is 0 Å². The fourth-order valence-corrected chi connectivity index (χ4v) is 2.89. The van der Waals surface area contributed by atoms with E-state index >= 15 is 0 Å². The summed E-state index contributed by atoms with van der Waals surface area (Å²) in [6, 6.07) is 5.02. The first-order valence-electron chi connectivity index (χ1n) is 6.89. The summed E-state index contributed by atoms with van der Waals surface area (Å²) in [6.07, 6.45) is 2.49. The molecule has 5 nitrogen and oxygen atoms in total. The lowest BCUT2D eigenvalue weighted by Crippen LogP contribution is -2.39. The monoisotopic (exact) mass is 311 g/mol. The number of amides is 1. The number of carboxylic acids is 1. The second-order valence-electron chi connectivity index (χ2n) is 5.18. The van der Waals surface area contributed by atoms with Crippen molar-refractivity contribution < 1.29 is 19.4 Å². The number of halogens is 1. The molecule has 114 valence electrons. The van der Waals surface area contributed by atoms with Gasteiger partial charge < -0.3 is 15.2 Å². The summed E-state index contributed by atoms with van der Waals surface area (Å²) in [7, 11) is 1.49. The first-order chi connectivity index (χ1) is 10.0. The molecule has 1 aliphatic carbocycles. The molecule has 1 aliphatic rings. The van der Waals surface area contributed by atoms with Gasteiger partial charge in [0.15, 0.2) is 0 Å². The van der Waals surface area contributed by atoms with Crippen LogP contribution in [0.5, 0.6) is 5.75 Å². The van der Waals surface area contributed by atoms with Crippen molar-refractivity contribution in [3.63, 3.8) is 0 Å². The van der Waals surface area contributed by atoms with Crippen LogP contribution in [0.2, 0.25) is 5.02 Å². The Morgan fingerprint density at radius 3 is 2.52 bits per heavy atom. The highest BCUT2D eigenvalue weighted by Crippen LogP contribution is 2.28. The summed E-state index contributed by atoms with van der Waals surface area (Å²) >= 11 is 6.07. The lowest BCUT2D eigenvalue weighted by atomic mass is 9.86. The fourth-order valence-electron chi connectivity index (χ4n) is 2.64. The summed E-state index contributed by atoms with van der Waals surface area (Å²) in [4.78, 5) is 23.2. The molecular formula is C15H18ClNO4. The van der Waals surface area contributed by atoms with Gasteiger partial charge in [0.05, 0.1) is 23.6 Å². The van der Waals surface area contributed by atoms with E-state index in [-0.39, 0.29) is 17.9 Å². The third-order valence-corrected chi connectivity index (χ3v) is 4.15. The molecule has 1 saturated carbocycles. The van der Waals surface area contributed by atoms with E-state index in [2.05, 4.69) is 5.32 Å². The van der Waals surface area contributed by atoms with Crippen LogP contribution < -0.4 is 10.1 Å². The minimum Gasteiger partial charge on any atom is -0.496 e. The molecule has 0 bridgehead atoms. The highest BCUT2D eigenvalue weighted by molar-refractivity contribution is 6.34. The van der Waals surface area contributed by atoms with Crippen molar-refractivity contribution in [1.82, 2.24) is 5.32 Å². The normalized spacial score (nSPS) is 21.6. The molecule has 2 rings (SSSR count). The number of carboxylic acid groups (broad SMARTS) is 1. The van der Waals surface area contributed by atoms with E-state index in [1.807, 2.05) is 0 Å². The number of ether oxygens (including phenoxy) is 1. The van der Waals surface area contributed by atoms with Gasteiger partial charge in [-0.05, 0) is 37.8 Å². The van der Waals surface area contributed by atoms with Gasteiger partial charge in [-0.3, -0.25) is 9.59 Å². The standard InChI is InChI=1S/C15H18ClNO4/c1-21-12-4-2-3-11(16)13(12)14(18)17-10-7-5-9(6-8-10)15(19)20/h2-4,9-10H,5-8H2,1H3,(H,17,18)(H,19,20). The van der Waals surface area contributed by atoms with Crippen LogP contribution in [0.4, 0.5) is 0 Å². The second-order valence-corrected chi connectivity index (χ2v) is 5.58. The van der Waals surface area contributed by atoms with Crippen molar-refractivity contribution in [3.05, 3.63) is 28.8 Å². The minimum atomic E-state index is -0.757. The Bertz CT molecular complexity index is 538. The number of carbonyl (C=O) groups is 2. The van der Waals surface area contributed by atoms with Gasteiger partial charge in [-0.15, -0.1) is 0 Å². The Hall–Kier alpha value is -1.75. The van der Waals surface area contributed by atoms with Crippen molar-refractivity contribution in [2.75, 3.05) is 7.11 Å². The topological polar surface area (TPSA) is 75.6 Å². The minimum absolute atomic E-state index is 0.0194. The number of benzene rings is 1. The molecule has 1 aromatic carbocycles. The van der Waals surface area contributed by atoms with Gasteiger partial charge in [0.2, 0.25) is 0 Å². The Kier molecular flexibility index (Phi) is 5.07. The lowest BCUT2D eigenvalue weighted by Gasteiger charge is -2.27. The van der Waals surface area contributed by atoms with Gasteiger partial charge in [0.1, 0.15) is 5.75 Å². The highest BCUT2D eigenvalue weighted by atomic mass is 35.5. The van der Waals surface area contributed by atoms with E-state index in [1.165, 1.54) is 7.11 Å². The Balaban J connectivity index is 2.02. The summed E-state index contributed by atoms with van der Waals surface area (Å²) < 4.78 is 5.16. The number of methoxy groups -OCH3 is 1. The van der Waals surface area contributed by atoms with Crippen molar-refractivity contribution in [3.8, 4) is 5.75 Å². The number of hydrogen-bond acceptors (Lipinski definition) is 3. The number of aliphatic carboxylic acids is 1. The molecule has 0 aromatic heterocycles. The smallest absolute Gasteiger partial charge is 0.306 e. The SMILES string of the molecule is COc1cccc(Cl)c1C(=O)NC1CCC(C(=O)O)CC1.